The van der Waals surface area contributed by atoms with Crippen molar-refractivity contribution in [2.24, 2.45) is 5.92 Å². The van der Waals surface area contributed by atoms with Crippen LogP contribution in [-0.4, -0.2) is 35.9 Å². The third-order valence-corrected chi connectivity index (χ3v) is 3.59. The number of amides is 1. The molecular weight excluding hydrogens is 268 g/mol. The van der Waals surface area contributed by atoms with Gasteiger partial charge in [0.2, 0.25) is 5.91 Å². The minimum Gasteiger partial charge on any atom is -0.381 e. The SMILES string of the molecule is CCCCCNc1ccc(NC(=O)C2CCOCC2)nn1. The van der Waals surface area contributed by atoms with Crippen molar-refractivity contribution < 1.29 is 9.53 Å². The minimum atomic E-state index is 0.0104. The van der Waals surface area contributed by atoms with E-state index in [0.717, 1.165) is 31.6 Å². The molecule has 0 bridgehead atoms. The molecule has 0 atom stereocenters. The van der Waals surface area contributed by atoms with Crippen molar-refractivity contribution in [3.05, 3.63) is 12.1 Å². The molecule has 1 aromatic heterocycles. The number of carbonyl (C=O) groups is 1. The molecule has 1 aliphatic rings. The fraction of sp³-hybridized carbons (Fsp3) is 0.667. The molecule has 1 amide bonds. The molecule has 0 aliphatic carbocycles. The van der Waals surface area contributed by atoms with Crippen LogP contribution in [0.1, 0.15) is 39.0 Å². The summed E-state index contributed by atoms with van der Waals surface area (Å²) in [6, 6.07) is 3.63. The maximum absolute atomic E-state index is 12.0. The van der Waals surface area contributed by atoms with Gasteiger partial charge in [-0.1, -0.05) is 19.8 Å². The number of rotatable bonds is 7. The summed E-state index contributed by atoms with van der Waals surface area (Å²) in [5.74, 6) is 1.28. The zero-order chi connectivity index (χ0) is 14.9. The van der Waals surface area contributed by atoms with Gasteiger partial charge in [-0.15, -0.1) is 10.2 Å². The van der Waals surface area contributed by atoms with Crippen LogP contribution in [0.4, 0.5) is 11.6 Å². The molecule has 0 spiro atoms. The molecular formula is C15H24N4O2. The number of hydrogen-bond acceptors (Lipinski definition) is 5. The normalized spacial score (nSPS) is 15.7. The molecule has 0 radical (unpaired) electrons. The van der Waals surface area contributed by atoms with E-state index in [1.807, 2.05) is 6.07 Å². The molecule has 1 fully saturated rings. The number of unbranched alkanes of at least 4 members (excludes halogenated alkanes) is 2. The Hall–Kier alpha value is -1.69. The lowest BCUT2D eigenvalue weighted by molar-refractivity contribution is -0.122. The van der Waals surface area contributed by atoms with Crippen molar-refractivity contribution in [2.45, 2.75) is 39.0 Å². The second kappa shape index (κ2) is 8.56. The Bertz CT molecular complexity index is 430. The monoisotopic (exact) mass is 292 g/mol. The smallest absolute Gasteiger partial charge is 0.228 e. The summed E-state index contributed by atoms with van der Waals surface area (Å²) in [6.07, 6.45) is 5.08. The first kappa shape index (κ1) is 15.7. The van der Waals surface area contributed by atoms with Gasteiger partial charge in [0, 0.05) is 25.7 Å². The lowest BCUT2D eigenvalue weighted by atomic mass is 9.99. The zero-order valence-electron chi connectivity index (χ0n) is 12.6. The predicted molar refractivity (Wildman–Crippen MR) is 82.2 cm³/mol. The molecule has 2 heterocycles. The maximum atomic E-state index is 12.0. The summed E-state index contributed by atoms with van der Waals surface area (Å²) < 4.78 is 5.25. The number of carbonyl (C=O) groups excluding carboxylic acids is 1. The van der Waals surface area contributed by atoms with Gasteiger partial charge in [-0.25, -0.2) is 0 Å². The molecule has 1 aromatic rings. The number of ether oxygens (including phenoxy) is 1. The first-order chi connectivity index (χ1) is 10.3. The summed E-state index contributed by atoms with van der Waals surface area (Å²) >= 11 is 0. The van der Waals surface area contributed by atoms with Gasteiger partial charge in [-0.2, -0.15) is 0 Å². The molecule has 0 unspecified atom stereocenters. The van der Waals surface area contributed by atoms with Gasteiger partial charge in [0.1, 0.15) is 5.82 Å². The Morgan fingerprint density at radius 1 is 1.24 bits per heavy atom. The van der Waals surface area contributed by atoms with Crippen molar-refractivity contribution in [2.75, 3.05) is 30.4 Å². The molecule has 0 saturated carbocycles. The number of nitrogens with one attached hydrogen (secondary N) is 2. The van der Waals surface area contributed by atoms with Crippen molar-refractivity contribution in [1.82, 2.24) is 10.2 Å². The minimum absolute atomic E-state index is 0.0104. The molecule has 116 valence electrons. The topological polar surface area (TPSA) is 76.1 Å². The van der Waals surface area contributed by atoms with Gasteiger partial charge < -0.3 is 15.4 Å². The van der Waals surface area contributed by atoms with E-state index in [1.54, 1.807) is 6.07 Å². The zero-order valence-corrected chi connectivity index (χ0v) is 12.6. The molecule has 2 rings (SSSR count). The van der Waals surface area contributed by atoms with Gasteiger partial charge in [0.05, 0.1) is 0 Å². The summed E-state index contributed by atoms with van der Waals surface area (Å²) in [5, 5.41) is 14.2. The predicted octanol–water partition coefficient (Wildman–Crippen LogP) is 2.44. The molecule has 0 aromatic carbocycles. The van der Waals surface area contributed by atoms with E-state index in [1.165, 1.54) is 12.8 Å². The van der Waals surface area contributed by atoms with Crippen LogP contribution < -0.4 is 10.6 Å². The largest absolute Gasteiger partial charge is 0.381 e. The van der Waals surface area contributed by atoms with Crippen LogP contribution in [-0.2, 0) is 9.53 Å². The second-order valence-electron chi connectivity index (χ2n) is 5.31. The van der Waals surface area contributed by atoms with Crippen molar-refractivity contribution in [3.8, 4) is 0 Å². The number of nitrogens with zero attached hydrogens (tertiary/aromatic N) is 2. The van der Waals surface area contributed by atoms with E-state index < -0.39 is 0 Å². The highest BCUT2D eigenvalue weighted by molar-refractivity contribution is 5.91. The van der Waals surface area contributed by atoms with Gasteiger partial charge >= 0.3 is 0 Å². The summed E-state index contributed by atoms with van der Waals surface area (Å²) in [4.78, 5) is 12.0. The lowest BCUT2D eigenvalue weighted by Gasteiger charge is -2.20. The van der Waals surface area contributed by atoms with Crippen LogP contribution in [0.5, 0.6) is 0 Å². The van der Waals surface area contributed by atoms with E-state index in [0.29, 0.717) is 19.0 Å². The van der Waals surface area contributed by atoms with Gasteiger partial charge in [-0.3, -0.25) is 4.79 Å². The van der Waals surface area contributed by atoms with E-state index in [2.05, 4.69) is 27.8 Å². The average molecular weight is 292 g/mol. The van der Waals surface area contributed by atoms with Crippen molar-refractivity contribution in [3.63, 3.8) is 0 Å². The highest BCUT2D eigenvalue weighted by atomic mass is 16.5. The Morgan fingerprint density at radius 2 is 1.95 bits per heavy atom. The molecule has 21 heavy (non-hydrogen) atoms. The molecule has 6 heteroatoms. The first-order valence-corrected chi connectivity index (χ1v) is 7.76. The second-order valence-corrected chi connectivity index (χ2v) is 5.31. The third-order valence-electron chi connectivity index (χ3n) is 3.59. The first-order valence-electron chi connectivity index (χ1n) is 7.76. The summed E-state index contributed by atoms with van der Waals surface area (Å²) in [6.45, 7) is 4.39. The molecule has 6 nitrogen and oxygen atoms in total. The van der Waals surface area contributed by atoms with Crippen LogP contribution in [0, 0.1) is 5.92 Å². The van der Waals surface area contributed by atoms with E-state index in [9.17, 15) is 4.79 Å². The average Bonchev–Trinajstić information content (AvgIpc) is 2.54. The molecule has 1 saturated heterocycles. The third kappa shape index (κ3) is 5.30. The van der Waals surface area contributed by atoms with E-state index in [4.69, 9.17) is 4.74 Å². The Labute approximate surface area is 125 Å². The van der Waals surface area contributed by atoms with Crippen molar-refractivity contribution in [1.29, 1.82) is 0 Å². The number of aromatic nitrogens is 2. The molecule has 2 N–H and O–H groups in total. The van der Waals surface area contributed by atoms with Crippen LogP contribution in [0.15, 0.2) is 12.1 Å². The van der Waals surface area contributed by atoms with Gasteiger partial charge in [0.15, 0.2) is 5.82 Å². The molecule has 1 aliphatic heterocycles. The van der Waals surface area contributed by atoms with E-state index in [-0.39, 0.29) is 11.8 Å². The lowest BCUT2D eigenvalue weighted by Crippen LogP contribution is -2.28. The van der Waals surface area contributed by atoms with Gasteiger partial charge in [0.25, 0.3) is 0 Å². The quantitative estimate of drug-likeness (QED) is 0.755. The Balaban J connectivity index is 1.77. The Kier molecular flexibility index (Phi) is 6.40. The number of hydrogen-bond donors (Lipinski definition) is 2. The maximum Gasteiger partial charge on any atom is 0.228 e. The van der Waals surface area contributed by atoms with E-state index >= 15 is 0 Å². The Morgan fingerprint density at radius 3 is 2.62 bits per heavy atom. The van der Waals surface area contributed by atoms with Crippen LogP contribution in [0.25, 0.3) is 0 Å². The van der Waals surface area contributed by atoms with Crippen LogP contribution >= 0.6 is 0 Å². The fourth-order valence-corrected chi connectivity index (χ4v) is 2.27. The summed E-state index contributed by atoms with van der Waals surface area (Å²) in [5.41, 5.74) is 0. The standard InChI is InChI=1S/C15H24N4O2/c1-2-3-4-9-16-13-5-6-14(19-18-13)17-15(20)12-7-10-21-11-8-12/h5-6,12H,2-4,7-11H2,1H3,(H,16,18)(H,17,19,20). The van der Waals surface area contributed by atoms with Gasteiger partial charge in [-0.05, 0) is 31.4 Å². The van der Waals surface area contributed by atoms with Crippen LogP contribution in [0.3, 0.4) is 0 Å². The van der Waals surface area contributed by atoms with Crippen LogP contribution in [0.2, 0.25) is 0 Å². The highest BCUT2D eigenvalue weighted by Crippen LogP contribution is 2.17. The number of anilines is 2. The summed E-state index contributed by atoms with van der Waals surface area (Å²) in [7, 11) is 0. The fourth-order valence-electron chi connectivity index (χ4n) is 2.27. The van der Waals surface area contributed by atoms with Crippen molar-refractivity contribution >= 4 is 17.5 Å². The highest BCUT2D eigenvalue weighted by Gasteiger charge is 2.21.